The van der Waals surface area contributed by atoms with Crippen LogP contribution >= 0.6 is 0 Å². The highest BCUT2D eigenvalue weighted by Gasteiger charge is 2.39. The minimum atomic E-state index is -0.971. The van der Waals surface area contributed by atoms with Crippen LogP contribution in [0.1, 0.15) is 6.92 Å². The van der Waals surface area contributed by atoms with Gasteiger partial charge in [-0.3, -0.25) is 0 Å². The summed E-state index contributed by atoms with van der Waals surface area (Å²) < 4.78 is 5.27. The molecule has 1 aliphatic heterocycles. The summed E-state index contributed by atoms with van der Waals surface area (Å²) in [5.41, 5.74) is 10.9. The highest BCUT2D eigenvalue weighted by atomic mass is 16.5. The lowest BCUT2D eigenvalue weighted by atomic mass is 9.94. The zero-order valence-electron chi connectivity index (χ0n) is 7.05. The van der Waals surface area contributed by atoms with Crippen LogP contribution in [0.5, 0.6) is 0 Å². The summed E-state index contributed by atoms with van der Waals surface area (Å²) in [6.45, 7) is 1.94. The molecule has 0 bridgehead atoms. The van der Waals surface area contributed by atoms with E-state index in [1.165, 1.54) is 0 Å². The Morgan fingerprint density at radius 2 is 1.92 bits per heavy atom. The molecule has 0 radical (unpaired) electrons. The second kappa shape index (κ2) is 3.68. The molecular formula is C7H16N2O3. The minimum absolute atomic E-state index is 0.190. The SMILES string of the molecule is C[C@H]1OC(CN)[C@@H](O)C(O)C1N. The Hall–Kier alpha value is -0.200. The first kappa shape index (κ1) is 9.88. The fraction of sp³-hybridized carbons (Fsp3) is 1.00. The van der Waals surface area contributed by atoms with Crippen LogP contribution in [0.25, 0.3) is 0 Å². The second-order valence-electron chi connectivity index (χ2n) is 3.17. The monoisotopic (exact) mass is 176 g/mol. The van der Waals surface area contributed by atoms with Crippen LogP contribution in [-0.2, 0) is 4.74 Å². The highest BCUT2D eigenvalue weighted by Crippen LogP contribution is 2.18. The van der Waals surface area contributed by atoms with Crippen LogP contribution in [0.15, 0.2) is 0 Å². The van der Waals surface area contributed by atoms with Crippen LogP contribution in [0.4, 0.5) is 0 Å². The van der Waals surface area contributed by atoms with E-state index in [1.807, 2.05) is 0 Å². The van der Waals surface area contributed by atoms with E-state index in [4.69, 9.17) is 16.2 Å². The predicted molar refractivity (Wildman–Crippen MR) is 43.4 cm³/mol. The van der Waals surface area contributed by atoms with Gasteiger partial charge in [-0.1, -0.05) is 0 Å². The summed E-state index contributed by atoms with van der Waals surface area (Å²) in [6, 6.07) is -0.539. The second-order valence-corrected chi connectivity index (χ2v) is 3.17. The first-order chi connectivity index (χ1) is 5.57. The molecule has 5 heteroatoms. The van der Waals surface area contributed by atoms with Crippen molar-refractivity contribution >= 4 is 0 Å². The summed E-state index contributed by atoms with van der Waals surface area (Å²) in [6.07, 6.45) is -2.68. The Morgan fingerprint density at radius 1 is 1.33 bits per heavy atom. The molecule has 1 rings (SSSR count). The van der Waals surface area contributed by atoms with Gasteiger partial charge in [0.25, 0.3) is 0 Å². The van der Waals surface area contributed by atoms with E-state index in [2.05, 4.69) is 0 Å². The molecule has 0 aliphatic carbocycles. The van der Waals surface area contributed by atoms with Crippen LogP contribution in [0.3, 0.4) is 0 Å². The maximum absolute atomic E-state index is 9.41. The smallest absolute Gasteiger partial charge is 0.109 e. The summed E-state index contributed by atoms with van der Waals surface area (Å²) in [5, 5.41) is 18.8. The number of ether oxygens (including phenoxy) is 1. The number of hydrogen-bond acceptors (Lipinski definition) is 5. The molecule has 0 amide bonds. The fourth-order valence-electron chi connectivity index (χ4n) is 1.37. The molecule has 5 atom stereocenters. The Balaban J connectivity index is 2.63. The van der Waals surface area contributed by atoms with E-state index in [0.29, 0.717) is 0 Å². The third kappa shape index (κ3) is 1.60. The van der Waals surface area contributed by atoms with Gasteiger partial charge in [0.15, 0.2) is 0 Å². The van der Waals surface area contributed by atoms with E-state index in [0.717, 1.165) is 0 Å². The van der Waals surface area contributed by atoms with Crippen molar-refractivity contribution in [2.45, 2.75) is 37.4 Å². The molecular weight excluding hydrogens is 160 g/mol. The number of aliphatic hydroxyl groups is 2. The topological polar surface area (TPSA) is 102 Å². The van der Waals surface area contributed by atoms with Gasteiger partial charge in [-0.2, -0.15) is 0 Å². The standard InChI is InChI=1S/C7H16N2O3/c1-3-5(9)7(11)6(10)4(2-8)12-3/h3-7,10-11H,2,8-9H2,1H3/t3-,4?,5?,6-,7?/m1/s1. The lowest BCUT2D eigenvalue weighted by Gasteiger charge is -2.39. The Kier molecular flexibility index (Phi) is 3.03. The van der Waals surface area contributed by atoms with Crippen molar-refractivity contribution in [3.63, 3.8) is 0 Å². The molecule has 5 nitrogen and oxygen atoms in total. The van der Waals surface area contributed by atoms with Crippen molar-refractivity contribution in [3.8, 4) is 0 Å². The van der Waals surface area contributed by atoms with Crippen LogP contribution < -0.4 is 11.5 Å². The fourth-order valence-corrected chi connectivity index (χ4v) is 1.37. The Morgan fingerprint density at radius 3 is 2.42 bits per heavy atom. The van der Waals surface area contributed by atoms with Gasteiger partial charge in [0.2, 0.25) is 0 Å². The van der Waals surface area contributed by atoms with Gasteiger partial charge in [0.1, 0.15) is 12.2 Å². The van der Waals surface area contributed by atoms with Gasteiger partial charge >= 0.3 is 0 Å². The van der Waals surface area contributed by atoms with Gasteiger partial charge in [-0.05, 0) is 6.92 Å². The molecule has 0 aromatic rings. The number of nitrogens with two attached hydrogens (primary N) is 2. The van der Waals surface area contributed by atoms with Crippen molar-refractivity contribution in [1.82, 2.24) is 0 Å². The minimum Gasteiger partial charge on any atom is -0.389 e. The molecule has 12 heavy (non-hydrogen) atoms. The average molecular weight is 176 g/mol. The summed E-state index contributed by atoms with van der Waals surface area (Å²) in [5.74, 6) is 0. The molecule has 0 saturated carbocycles. The van der Waals surface area contributed by atoms with Crippen molar-refractivity contribution < 1.29 is 14.9 Å². The first-order valence-electron chi connectivity index (χ1n) is 4.05. The lowest BCUT2D eigenvalue weighted by Crippen LogP contribution is -2.61. The molecule has 1 heterocycles. The molecule has 3 unspecified atom stereocenters. The summed E-state index contributed by atoms with van der Waals surface area (Å²) >= 11 is 0. The van der Waals surface area contributed by atoms with Crippen LogP contribution in [-0.4, -0.2) is 47.2 Å². The molecule has 1 saturated heterocycles. The average Bonchev–Trinajstić information content (AvgIpc) is 2.08. The molecule has 72 valence electrons. The van der Waals surface area contributed by atoms with E-state index in [-0.39, 0.29) is 12.6 Å². The molecule has 0 aromatic heterocycles. The quantitative estimate of drug-likeness (QED) is 0.362. The molecule has 0 aromatic carbocycles. The van der Waals surface area contributed by atoms with Crippen molar-refractivity contribution in [1.29, 1.82) is 0 Å². The van der Waals surface area contributed by atoms with E-state index < -0.39 is 24.4 Å². The first-order valence-corrected chi connectivity index (χ1v) is 4.05. The zero-order valence-corrected chi connectivity index (χ0v) is 7.05. The van der Waals surface area contributed by atoms with Gasteiger partial charge in [0.05, 0.1) is 18.2 Å². The van der Waals surface area contributed by atoms with Crippen molar-refractivity contribution in [2.24, 2.45) is 11.5 Å². The van der Waals surface area contributed by atoms with Gasteiger partial charge in [-0.25, -0.2) is 0 Å². The van der Waals surface area contributed by atoms with Gasteiger partial charge in [-0.15, -0.1) is 0 Å². The lowest BCUT2D eigenvalue weighted by molar-refractivity contribution is -0.169. The number of hydrogen-bond donors (Lipinski definition) is 4. The van der Waals surface area contributed by atoms with Crippen LogP contribution in [0.2, 0.25) is 0 Å². The third-order valence-electron chi connectivity index (χ3n) is 2.29. The van der Waals surface area contributed by atoms with Crippen molar-refractivity contribution in [2.75, 3.05) is 6.54 Å². The summed E-state index contributed by atoms with van der Waals surface area (Å²) in [4.78, 5) is 0. The van der Waals surface area contributed by atoms with E-state index in [9.17, 15) is 10.2 Å². The van der Waals surface area contributed by atoms with Gasteiger partial charge in [0, 0.05) is 6.54 Å². The molecule has 1 fully saturated rings. The largest absolute Gasteiger partial charge is 0.389 e. The number of rotatable bonds is 1. The maximum Gasteiger partial charge on any atom is 0.109 e. The molecule has 6 N–H and O–H groups in total. The normalized spacial score (nSPS) is 49.2. The molecule has 0 spiro atoms. The highest BCUT2D eigenvalue weighted by molar-refractivity contribution is 4.93. The molecule has 1 aliphatic rings. The van der Waals surface area contributed by atoms with E-state index >= 15 is 0 Å². The third-order valence-corrected chi connectivity index (χ3v) is 2.29. The zero-order chi connectivity index (χ0) is 9.30. The number of aliphatic hydroxyl groups excluding tert-OH is 2. The van der Waals surface area contributed by atoms with Crippen LogP contribution in [0, 0.1) is 0 Å². The Bertz CT molecular complexity index is 151. The van der Waals surface area contributed by atoms with E-state index in [1.54, 1.807) is 6.92 Å². The predicted octanol–water partition coefficient (Wildman–Crippen LogP) is -2.22. The van der Waals surface area contributed by atoms with Crippen molar-refractivity contribution in [3.05, 3.63) is 0 Å². The maximum atomic E-state index is 9.41. The Labute approximate surface area is 71.3 Å². The van der Waals surface area contributed by atoms with Gasteiger partial charge < -0.3 is 26.4 Å². The summed E-state index contributed by atoms with van der Waals surface area (Å²) in [7, 11) is 0.